The summed E-state index contributed by atoms with van der Waals surface area (Å²) >= 11 is 2.91. The summed E-state index contributed by atoms with van der Waals surface area (Å²) in [7, 11) is 0. The predicted octanol–water partition coefficient (Wildman–Crippen LogP) is 3.91. The summed E-state index contributed by atoms with van der Waals surface area (Å²) in [5.74, 6) is 0.682. The molecule has 1 aromatic carbocycles. The number of rotatable bonds is 1. The number of H-pyrrole nitrogens is 1. The summed E-state index contributed by atoms with van der Waals surface area (Å²) in [4.78, 5) is 7.02. The third kappa shape index (κ3) is 1.93. The number of fused-ring (bicyclic) bond motifs is 1. The first kappa shape index (κ1) is 11.4. The van der Waals surface area contributed by atoms with Crippen LogP contribution in [0.5, 0.6) is 0 Å². The van der Waals surface area contributed by atoms with Crippen LogP contribution >= 0.6 is 15.9 Å². The van der Waals surface area contributed by atoms with Crippen LogP contribution in [-0.2, 0) is 12.6 Å². The number of aromatic amines is 1. The first-order chi connectivity index (χ1) is 7.41. The molecule has 0 aliphatic carbocycles. The summed E-state index contributed by atoms with van der Waals surface area (Å²) in [6, 6.07) is 2.46. The Hall–Kier alpha value is -1.04. The predicted molar refractivity (Wildman–Crippen MR) is 58.2 cm³/mol. The van der Waals surface area contributed by atoms with Crippen LogP contribution in [0.3, 0.4) is 0 Å². The number of aromatic nitrogens is 2. The van der Waals surface area contributed by atoms with Crippen molar-refractivity contribution in [3.8, 4) is 0 Å². The fourth-order valence-electron chi connectivity index (χ4n) is 1.47. The van der Waals surface area contributed by atoms with Crippen LogP contribution in [0.1, 0.15) is 18.3 Å². The molecule has 86 valence electrons. The van der Waals surface area contributed by atoms with E-state index in [9.17, 15) is 13.2 Å². The molecule has 0 radical (unpaired) electrons. The van der Waals surface area contributed by atoms with Crippen molar-refractivity contribution in [1.82, 2.24) is 9.97 Å². The van der Waals surface area contributed by atoms with Gasteiger partial charge in [0.05, 0.1) is 16.6 Å². The van der Waals surface area contributed by atoms with Crippen LogP contribution < -0.4 is 0 Å². The summed E-state index contributed by atoms with van der Waals surface area (Å²) in [6.07, 6.45) is -3.70. The van der Waals surface area contributed by atoms with Crippen molar-refractivity contribution in [1.29, 1.82) is 0 Å². The number of nitrogens with zero attached hydrogens (tertiary/aromatic N) is 1. The Bertz CT molecular complexity index is 531. The van der Waals surface area contributed by atoms with E-state index in [2.05, 4.69) is 25.9 Å². The van der Waals surface area contributed by atoms with E-state index in [-0.39, 0.29) is 4.47 Å². The van der Waals surface area contributed by atoms with Gasteiger partial charge in [-0.15, -0.1) is 0 Å². The minimum Gasteiger partial charge on any atom is -0.342 e. The fourth-order valence-corrected chi connectivity index (χ4v) is 2.02. The minimum absolute atomic E-state index is 0.0154. The van der Waals surface area contributed by atoms with Gasteiger partial charge >= 0.3 is 6.18 Å². The quantitative estimate of drug-likeness (QED) is 0.848. The van der Waals surface area contributed by atoms with Crippen molar-refractivity contribution in [2.75, 3.05) is 0 Å². The van der Waals surface area contributed by atoms with E-state index in [4.69, 9.17) is 0 Å². The van der Waals surface area contributed by atoms with Gasteiger partial charge in [0.2, 0.25) is 0 Å². The number of alkyl halides is 3. The Balaban J connectivity index is 2.66. The number of benzene rings is 1. The molecule has 0 atom stereocenters. The largest absolute Gasteiger partial charge is 0.417 e. The highest BCUT2D eigenvalue weighted by molar-refractivity contribution is 9.10. The summed E-state index contributed by atoms with van der Waals surface area (Å²) in [6.45, 7) is 1.89. The number of hydrogen-bond acceptors (Lipinski definition) is 1. The lowest BCUT2D eigenvalue weighted by molar-refractivity contribution is -0.138. The topological polar surface area (TPSA) is 28.7 Å². The molecule has 1 N–H and O–H groups in total. The lowest BCUT2D eigenvalue weighted by Gasteiger charge is -2.08. The molecule has 1 aromatic heterocycles. The van der Waals surface area contributed by atoms with E-state index in [0.29, 0.717) is 23.3 Å². The van der Waals surface area contributed by atoms with Gasteiger partial charge in [0, 0.05) is 10.9 Å². The van der Waals surface area contributed by atoms with Crippen LogP contribution in [0.25, 0.3) is 11.0 Å². The molecule has 0 saturated heterocycles. The third-order valence-corrected chi connectivity index (χ3v) is 2.92. The Labute approximate surface area is 98.0 Å². The molecule has 0 aliphatic heterocycles. The van der Waals surface area contributed by atoms with Gasteiger partial charge in [0.1, 0.15) is 5.82 Å². The maximum absolute atomic E-state index is 12.6. The van der Waals surface area contributed by atoms with E-state index in [1.54, 1.807) is 0 Å². The Morgan fingerprint density at radius 1 is 1.38 bits per heavy atom. The molecule has 0 fully saturated rings. The number of nitrogens with one attached hydrogen (secondary N) is 1. The number of aryl methyl sites for hydroxylation is 1. The lowest BCUT2D eigenvalue weighted by atomic mass is 10.2. The number of halogens is 4. The molecule has 0 saturated carbocycles. The molecule has 2 rings (SSSR count). The van der Waals surface area contributed by atoms with Crippen molar-refractivity contribution in [3.05, 3.63) is 28.0 Å². The zero-order valence-corrected chi connectivity index (χ0v) is 9.91. The minimum atomic E-state index is -4.36. The van der Waals surface area contributed by atoms with E-state index < -0.39 is 11.7 Å². The normalized spacial score (nSPS) is 12.3. The molecule has 0 unspecified atom stereocenters. The first-order valence-corrected chi connectivity index (χ1v) is 5.46. The van der Waals surface area contributed by atoms with Crippen molar-refractivity contribution in [2.45, 2.75) is 19.5 Å². The lowest BCUT2D eigenvalue weighted by Crippen LogP contribution is -2.05. The monoisotopic (exact) mass is 292 g/mol. The Morgan fingerprint density at radius 2 is 2.06 bits per heavy atom. The maximum Gasteiger partial charge on any atom is 0.417 e. The highest BCUT2D eigenvalue weighted by Gasteiger charge is 2.33. The second-order valence-corrected chi connectivity index (χ2v) is 4.24. The molecular formula is C10H8BrF3N2. The molecule has 0 aliphatic rings. The average Bonchev–Trinajstić information content (AvgIpc) is 2.56. The SMILES string of the molecule is CCc1nc2cc(Br)c(C(F)(F)F)cc2[nH]1. The van der Waals surface area contributed by atoms with Crippen LogP contribution in [0, 0.1) is 0 Å². The van der Waals surface area contributed by atoms with Crippen molar-refractivity contribution in [2.24, 2.45) is 0 Å². The molecule has 0 amide bonds. The number of imidazole rings is 1. The van der Waals surface area contributed by atoms with Crippen molar-refractivity contribution < 1.29 is 13.2 Å². The van der Waals surface area contributed by atoms with Gasteiger partial charge in [-0.05, 0) is 12.1 Å². The van der Waals surface area contributed by atoms with Crippen LogP contribution in [0.2, 0.25) is 0 Å². The van der Waals surface area contributed by atoms with Gasteiger partial charge in [0.15, 0.2) is 0 Å². The van der Waals surface area contributed by atoms with Gasteiger partial charge in [0.25, 0.3) is 0 Å². The average molecular weight is 293 g/mol. The maximum atomic E-state index is 12.6. The zero-order chi connectivity index (χ0) is 11.9. The molecule has 0 spiro atoms. The van der Waals surface area contributed by atoms with Gasteiger partial charge < -0.3 is 4.98 Å². The second kappa shape index (κ2) is 3.76. The highest BCUT2D eigenvalue weighted by Crippen LogP contribution is 2.36. The van der Waals surface area contributed by atoms with Gasteiger partial charge in [-0.1, -0.05) is 22.9 Å². The second-order valence-electron chi connectivity index (χ2n) is 3.38. The first-order valence-electron chi connectivity index (χ1n) is 4.67. The van der Waals surface area contributed by atoms with Crippen LogP contribution in [0.15, 0.2) is 16.6 Å². The summed E-state index contributed by atoms with van der Waals surface area (Å²) in [5.41, 5.74) is 0.260. The summed E-state index contributed by atoms with van der Waals surface area (Å²) < 4.78 is 37.8. The molecule has 2 aromatic rings. The van der Waals surface area contributed by atoms with Crippen molar-refractivity contribution >= 4 is 27.0 Å². The van der Waals surface area contributed by atoms with Crippen LogP contribution in [0.4, 0.5) is 13.2 Å². The molecule has 16 heavy (non-hydrogen) atoms. The smallest absolute Gasteiger partial charge is 0.342 e. The van der Waals surface area contributed by atoms with E-state index in [1.807, 2.05) is 6.92 Å². The Morgan fingerprint density at radius 3 is 2.62 bits per heavy atom. The van der Waals surface area contributed by atoms with E-state index in [1.165, 1.54) is 6.07 Å². The molecular weight excluding hydrogens is 285 g/mol. The van der Waals surface area contributed by atoms with Crippen LogP contribution in [-0.4, -0.2) is 9.97 Å². The highest BCUT2D eigenvalue weighted by atomic mass is 79.9. The standard InChI is InChI=1S/C10H8BrF3N2/c1-2-9-15-7-3-5(10(12,13)14)6(11)4-8(7)16-9/h3-4H,2H2,1H3,(H,15,16). The summed E-state index contributed by atoms with van der Waals surface area (Å²) in [5, 5.41) is 0. The molecule has 6 heteroatoms. The molecule has 0 bridgehead atoms. The van der Waals surface area contributed by atoms with E-state index in [0.717, 1.165) is 6.07 Å². The molecule has 1 heterocycles. The fraction of sp³-hybridized carbons (Fsp3) is 0.300. The zero-order valence-electron chi connectivity index (χ0n) is 8.32. The van der Waals surface area contributed by atoms with Gasteiger partial charge in [-0.3, -0.25) is 0 Å². The van der Waals surface area contributed by atoms with E-state index >= 15 is 0 Å². The Kier molecular flexibility index (Phi) is 2.69. The van der Waals surface area contributed by atoms with Gasteiger partial charge in [-0.25, -0.2) is 4.98 Å². The number of hydrogen-bond donors (Lipinski definition) is 1. The van der Waals surface area contributed by atoms with Gasteiger partial charge in [-0.2, -0.15) is 13.2 Å². The molecule has 2 nitrogen and oxygen atoms in total. The third-order valence-electron chi connectivity index (χ3n) is 2.26. The van der Waals surface area contributed by atoms with Crippen molar-refractivity contribution in [3.63, 3.8) is 0 Å².